The molecule has 2 heterocycles. The summed E-state index contributed by atoms with van der Waals surface area (Å²) in [5.74, 6) is -0.238. The summed E-state index contributed by atoms with van der Waals surface area (Å²) in [5, 5.41) is 11.7. The molecule has 32 heavy (non-hydrogen) atoms. The van der Waals surface area contributed by atoms with Crippen LogP contribution in [0, 0.1) is 5.82 Å². The Morgan fingerprint density at radius 2 is 1.56 bits per heavy atom. The molecule has 0 bridgehead atoms. The molecule has 1 aliphatic heterocycles. The molecule has 0 radical (unpaired) electrons. The number of benzene rings is 3. The third-order valence-electron chi connectivity index (χ3n) is 6.11. The number of rotatable bonds is 6. The quantitative estimate of drug-likeness (QED) is 0.446. The van der Waals surface area contributed by atoms with Gasteiger partial charge in [-0.2, -0.15) is 5.10 Å². The molecule has 5 rings (SSSR count). The largest absolute Gasteiger partial charge is 0.317 e. The molecule has 1 aromatic heterocycles. The molecule has 4 nitrogen and oxygen atoms in total. The van der Waals surface area contributed by atoms with Crippen molar-refractivity contribution in [1.29, 1.82) is 0 Å². The van der Waals surface area contributed by atoms with Gasteiger partial charge >= 0.3 is 0 Å². The highest BCUT2D eigenvalue weighted by Crippen LogP contribution is 2.30. The van der Waals surface area contributed by atoms with Crippen molar-refractivity contribution in [2.75, 3.05) is 13.1 Å². The van der Waals surface area contributed by atoms with Crippen LogP contribution in [0.25, 0.3) is 28.1 Å². The average Bonchev–Trinajstić information content (AvgIpc) is 3.28. The zero-order valence-corrected chi connectivity index (χ0v) is 18.0. The van der Waals surface area contributed by atoms with Gasteiger partial charge in [0.25, 0.3) is 0 Å². The van der Waals surface area contributed by atoms with Crippen LogP contribution in [0.15, 0.2) is 85.1 Å². The van der Waals surface area contributed by atoms with Crippen LogP contribution in [0.1, 0.15) is 18.4 Å². The van der Waals surface area contributed by atoms with Gasteiger partial charge in [-0.25, -0.2) is 9.07 Å². The first-order chi connectivity index (χ1) is 15.8. The number of hydrogen-bond acceptors (Lipinski definition) is 3. The smallest absolute Gasteiger partial charge is 0.132 e. The maximum atomic E-state index is 14.8. The summed E-state index contributed by atoms with van der Waals surface area (Å²) in [4.78, 5) is 0. The van der Waals surface area contributed by atoms with Crippen molar-refractivity contribution in [3.05, 3.63) is 96.4 Å². The molecule has 1 fully saturated rings. The zero-order valence-electron chi connectivity index (χ0n) is 18.0. The summed E-state index contributed by atoms with van der Waals surface area (Å²) in [6, 6.07) is 26.0. The standard InChI is InChI=1S/C27H27FN4/c28-26-9-5-4-8-25(26)27-22(18-30-23-14-16-29-17-15-23)19-31-32(27)24-12-10-21(11-13-24)20-6-2-1-3-7-20/h1-13,19,23,29-30H,14-18H2. The zero-order chi connectivity index (χ0) is 21.8. The van der Waals surface area contributed by atoms with E-state index in [1.807, 2.05) is 53.3 Å². The van der Waals surface area contributed by atoms with Crippen molar-refractivity contribution < 1.29 is 4.39 Å². The van der Waals surface area contributed by atoms with Crippen LogP contribution in [0.2, 0.25) is 0 Å². The van der Waals surface area contributed by atoms with E-state index in [0.29, 0.717) is 18.2 Å². The molecule has 0 aliphatic carbocycles. The lowest BCUT2D eigenvalue weighted by Crippen LogP contribution is -2.39. The van der Waals surface area contributed by atoms with Gasteiger partial charge in [0.2, 0.25) is 0 Å². The van der Waals surface area contributed by atoms with Crippen LogP contribution < -0.4 is 10.6 Å². The molecule has 0 saturated carbocycles. The van der Waals surface area contributed by atoms with Crippen molar-refractivity contribution in [3.63, 3.8) is 0 Å². The number of aromatic nitrogens is 2. The molecule has 3 aromatic carbocycles. The van der Waals surface area contributed by atoms with E-state index in [0.717, 1.165) is 48.4 Å². The van der Waals surface area contributed by atoms with Gasteiger partial charge < -0.3 is 10.6 Å². The normalized spacial score (nSPS) is 14.5. The maximum Gasteiger partial charge on any atom is 0.132 e. The summed E-state index contributed by atoms with van der Waals surface area (Å²) in [7, 11) is 0. The summed E-state index contributed by atoms with van der Waals surface area (Å²) >= 11 is 0. The van der Waals surface area contributed by atoms with E-state index < -0.39 is 0 Å². The van der Waals surface area contributed by atoms with E-state index >= 15 is 0 Å². The predicted octanol–water partition coefficient (Wildman–Crippen LogP) is 5.19. The van der Waals surface area contributed by atoms with E-state index in [-0.39, 0.29) is 5.82 Å². The summed E-state index contributed by atoms with van der Waals surface area (Å²) in [5.41, 5.74) is 5.59. The SMILES string of the molecule is Fc1ccccc1-c1c(CNC2CCNCC2)cnn1-c1ccc(-c2ccccc2)cc1. The minimum atomic E-state index is -0.238. The molecule has 1 aliphatic rings. The lowest BCUT2D eigenvalue weighted by atomic mass is 10.0. The van der Waals surface area contributed by atoms with Gasteiger partial charge in [-0.05, 0) is 61.3 Å². The van der Waals surface area contributed by atoms with Gasteiger partial charge in [-0.15, -0.1) is 0 Å². The van der Waals surface area contributed by atoms with Crippen LogP contribution in [0.3, 0.4) is 0 Å². The summed E-state index contributed by atoms with van der Waals surface area (Å²) in [6.07, 6.45) is 4.06. The number of hydrogen-bond donors (Lipinski definition) is 2. The van der Waals surface area contributed by atoms with Crippen molar-refractivity contribution in [3.8, 4) is 28.1 Å². The summed E-state index contributed by atoms with van der Waals surface area (Å²) in [6.45, 7) is 2.73. The van der Waals surface area contributed by atoms with Crippen LogP contribution in [0.4, 0.5) is 4.39 Å². The molecular weight excluding hydrogens is 399 g/mol. The Balaban J connectivity index is 1.49. The Bertz CT molecular complexity index is 1160. The highest BCUT2D eigenvalue weighted by molar-refractivity contribution is 5.68. The minimum Gasteiger partial charge on any atom is -0.317 e. The second kappa shape index (κ2) is 9.47. The molecule has 0 amide bonds. The first kappa shape index (κ1) is 20.6. The van der Waals surface area contributed by atoms with Crippen molar-refractivity contribution in [2.24, 2.45) is 0 Å². The monoisotopic (exact) mass is 426 g/mol. The number of nitrogens with zero attached hydrogens (tertiary/aromatic N) is 2. The molecule has 4 aromatic rings. The van der Waals surface area contributed by atoms with Gasteiger partial charge in [0, 0.05) is 23.7 Å². The molecule has 162 valence electrons. The fourth-order valence-electron chi connectivity index (χ4n) is 4.35. The van der Waals surface area contributed by atoms with Crippen LogP contribution >= 0.6 is 0 Å². The molecule has 2 N–H and O–H groups in total. The first-order valence-electron chi connectivity index (χ1n) is 11.2. The maximum absolute atomic E-state index is 14.8. The highest BCUT2D eigenvalue weighted by atomic mass is 19.1. The first-order valence-corrected chi connectivity index (χ1v) is 11.2. The Kier molecular flexibility index (Phi) is 6.10. The molecule has 0 unspecified atom stereocenters. The Labute approximate surface area is 188 Å². The van der Waals surface area contributed by atoms with E-state index in [1.165, 1.54) is 11.6 Å². The van der Waals surface area contributed by atoms with Crippen LogP contribution in [0.5, 0.6) is 0 Å². The highest BCUT2D eigenvalue weighted by Gasteiger charge is 2.19. The van der Waals surface area contributed by atoms with Gasteiger partial charge in [-0.1, -0.05) is 54.6 Å². The summed E-state index contributed by atoms with van der Waals surface area (Å²) < 4.78 is 16.7. The molecule has 0 atom stereocenters. The van der Waals surface area contributed by atoms with Crippen LogP contribution in [-0.4, -0.2) is 28.9 Å². The predicted molar refractivity (Wildman–Crippen MR) is 127 cm³/mol. The Morgan fingerprint density at radius 1 is 0.875 bits per heavy atom. The topological polar surface area (TPSA) is 41.9 Å². The molecular formula is C27H27FN4. The van der Waals surface area contributed by atoms with Gasteiger partial charge in [0.05, 0.1) is 17.6 Å². The lowest BCUT2D eigenvalue weighted by Gasteiger charge is -2.23. The van der Waals surface area contributed by atoms with Crippen molar-refractivity contribution in [1.82, 2.24) is 20.4 Å². The number of nitrogens with one attached hydrogen (secondary N) is 2. The second-order valence-corrected chi connectivity index (χ2v) is 8.23. The molecule has 1 saturated heterocycles. The van der Waals surface area contributed by atoms with E-state index in [9.17, 15) is 4.39 Å². The van der Waals surface area contributed by atoms with Crippen LogP contribution in [-0.2, 0) is 6.54 Å². The second-order valence-electron chi connectivity index (χ2n) is 8.23. The van der Waals surface area contributed by atoms with Crippen molar-refractivity contribution in [2.45, 2.75) is 25.4 Å². The minimum absolute atomic E-state index is 0.238. The molecule has 5 heteroatoms. The number of halogens is 1. The Hall–Kier alpha value is -3.28. The fourth-order valence-corrected chi connectivity index (χ4v) is 4.35. The van der Waals surface area contributed by atoms with E-state index in [1.54, 1.807) is 6.07 Å². The third kappa shape index (κ3) is 4.35. The van der Waals surface area contributed by atoms with Crippen molar-refractivity contribution >= 4 is 0 Å². The van der Waals surface area contributed by atoms with Gasteiger partial charge in [-0.3, -0.25) is 0 Å². The third-order valence-corrected chi connectivity index (χ3v) is 6.11. The average molecular weight is 427 g/mol. The van der Waals surface area contributed by atoms with Gasteiger partial charge in [0.15, 0.2) is 0 Å². The molecule has 0 spiro atoms. The number of piperidine rings is 1. The van der Waals surface area contributed by atoms with E-state index in [4.69, 9.17) is 0 Å². The Morgan fingerprint density at radius 3 is 2.31 bits per heavy atom. The van der Waals surface area contributed by atoms with Gasteiger partial charge in [0.1, 0.15) is 5.82 Å². The van der Waals surface area contributed by atoms with E-state index in [2.05, 4.69) is 40.0 Å². The fraction of sp³-hybridized carbons (Fsp3) is 0.222. The lowest BCUT2D eigenvalue weighted by molar-refractivity contribution is 0.386.